The van der Waals surface area contributed by atoms with Crippen LogP contribution >= 0.6 is 0 Å². The van der Waals surface area contributed by atoms with E-state index in [-0.39, 0.29) is 19.0 Å². The van der Waals surface area contributed by atoms with Crippen molar-refractivity contribution >= 4 is 27.5 Å². The second kappa shape index (κ2) is 10.4. The summed E-state index contributed by atoms with van der Waals surface area (Å²) >= 11 is 0. The largest absolute Gasteiger partial charge is 0.355 e. The average molecular weight is 446 g/mol. The van der Waals surface area contributed by atoms with Gasteiger partial charge < -0.3 is 10.2 Å². The zero-order valence-electron chi connectivity index (χ0n) is 18.8. The quantitative estimate of drug-likeness (QED) is 0.643. The maximum atomic E-state index is 13.3. The monoisotopic (exact) mass is 445 g/mol. The molecule has 0 spiro atoms. The number of rotatable bonds is 9. The fourth-order valence-corrected chi connectivity index (χ4v) is 4.27. The SMILES string of the molecule is CCNC(=O)[C@H](C)N(Cc1ccccc1)C(=O)CN(c1ccc(C)cc1C)S(C)(=O)=O. The Morgan fingerprint density at radius 1 is 1.06 bits per heavy atom. The zero-order chi connectivity index (χ0) is 23.2. The minimum Gasteiger partial charge on any atom is -0.355 e. The Hall–Kier alpha value is -2.87. The number of anilines is 1. The third-order valence-electron chi connectivity index (χ3n) is 5.01. The molecule has 1 N–H and O–H groups in total. The van der Waals surface area contributed by atoms with Crippen molar-refractivity contribution in [2.45, 2.75) is 40.3 Å². The molecule has 0 saturated heterocycles. The molecular formula is C23H31N3O4S. The molecule has 0 fully saturated rings. The molecule has 2 amide bonds. The van der Waals surface area contributed by atoms with Crippen molar-refractivity contribution in [3.63, 3.8) is 0 Å². The number of nitrogens with one attached hydrogen (secondary N) is 1. The number of likely N-dealkylation sites (N-methyl/N-ethyl adjacent to an activating group) is 1. The molecule has 0 heterocycles. The fourth-order valence-electron chi connectivity index (χ4n) is 3.36. The van der Waals surface area contributed by atoms with Gasteiger partial charge in [0.25, 0.3) is 0 Å². The van der Waals surface area contributed by atoms with Crippen LogP contribution in [0.15, 0.2) is 48.5 Å². The lowest BCUT2D eigenvalue weighted by molar-refractivity contribution is -0.139. The van der Waals surface area contributed by atoms with E-state index in [0.717, 1.165) is 27.3 Å². The highest BCUT2D eigenvalue weighted by Gasteiger charge is 2.30. The normalized spacial score (nSPS) is 12.2. The van der Waals surface area contributed by atoms with Crippen LogP contribution in [0.4, 0.5) is 5.69 Å². The average Bonchev–Trinajstić information content (AvgIpc) is 2.70. The first-order chi connectivity index (χ1) is 14.5. The van der Waals surface area contributed by atoms with Gasteiger partial charge in [0, 0.05) is 13.1 Å². The van der Waals surface area contributed by atoms with Gasteiger partial charge in [0.2, 0.25) is 21.8 Å². The highest BCUT2D eigenvalue weighted by molar-refractivity contribution is 7.92. The van der Waals surface area contributed by atoms with Crippen LogP contribution in [-0.2, 0) is 26.2 Å². The Morgan fingerprint density at radius 2 is 1.71 bits per heavy atom. The van der Waals surface area contributed by atoms with Gasteiger partial charge in [-0.1, -0.05) is 48.0 Å². The second-order valence-corrected chi connectivity index (χ2v) is 9.54. The van der Waals surface area contributed by atoms with E-state index in [1.165, 1.54) is 4.90 Å². The molecule has 0 unspecified atom stereocenters. The number of carbonyl (C=O) groups excluding carboxylic acids is 2. The summed E-state index contributed by atoms with van der Waals surface area (Å²) in [6.45, 7) is 7.43. The van der Waals surface area contributed by atoms with E-state index >= 15 is 0 Å². The van der Waals surface area contributed by atoms with Gasteiger partial charge in [0.05, 0.1) is 11.9 Å². The molecule has 0 aliphatic heterocycles. The van der Waals surface area contributed by atoms with Crippen LogP contribution in [0.5, 0.6) is 0 Å². The van der Waals surface area contributed by atoms with E-state index in [1.807, 2.05) is 56.3 Å². The lowest BCUT2D eigenvalue weighted by atomic mass is 10.1. The summed E-state index contributed by atoms with van der Waals surface area (Å²) in [4.78, 5) is 27.3. The molecule has 0 aliphatic carbocycles. The number of hydrogen-bond acceptors (Lipinski definition) is 4. The van der Waals surface area contributed by atoms with Gasteiger partial charge in [-0.2, -0.15) is 0 Å². The Labute approximate surface area is 185 Å². The summed E-state index contributed by atoms with van der Waals surface area (Å²) in [7, 11) is -3.73. The molecule has 0 aromatic heterocycles. The minimum atomic E-state index is -3.73. The fraction of sp³-hybridized carbons (Fsp3) is 0.391. The van der Waals surface area contributed by atoms with E-state index in [9.17, 15) is 18.0 Å². The van der Waals surface area contributed by atoms with Crippen LogP contribution in [0.2, 0.25) is 0 Å². The first-order valence-corrected chi connectivity index (χ1v) is 12.1. The van der Waals surface area contributed by atoms with Crippen LogP contribution in [0.1, 0.15) is 30.5 Å². The molecular weight excluding hydrogens is 414 g/mol. The van der Waals surface area contributed by atoms with E-state index in [0.29, 0.717) is 12.2 Å². The molecule has 31 heavy (non-hydrogen) atoms. The number of hydrogen-bond donors (Lipinski definition) is 1. The van der Waals surface area contributed by atoms with Crippen molar-refractivity contribution in [2.75, 3.05) is 23.7 Å². The van der Waals surface area contributed by atoms with Gasteiger partial charge in [0.15, 0.2) is 0 Å². The Bertz CT molecular complexity index is 1020. The molecule has 2 rings (SSSR count). The van der Waals surface area contributed by atoms with Crippen LogP contribution < -0.4 is 9.62 Å². The van der Waals surface area contributed by atoms with Gasteiger partial charge in [-0.15, -0.1) is 0 Å². The van der Waals surface area contributed by atoms with Crippen molar-refractivity contribution < 1.29 is 18.0 Å². The molecule has 2 aromatic rings. The van der Waals surface area contributed by atoms with Crippen LogP contribution in [0.25, 0.3) is 0 Å². The Kier molecular flexibility index (Phi) is 8.21. The lowest BCUT2D eigenvalue weighted by Crippen LogP contribution is -2.51. The molecule has 0 bridgehead atoms. The van der Waals surface area contributed by atoms with Gasteiger partial charge in [-0.05, 0) is 44.9 Å². The summed E-state index contributed by atoms with van der Waals surface area (Å²) in [6.07, 6.45) is 1.08. The van der Waals surface area contributed by atoms with Crippen LogP contribution in [0, 0.1) is 13.8 Å². The predicted octanol–water partition coefficient (Wildman–Crippen LogP) is 2.62. The standard InChI is InChI=1S/C23H31N3O4S/c1-6-24-23(28)19(4)25(15-20-10-8-7-9-11-20)22(27)16-26(31(5,29)30)21-13-12-17(2)14-18(21)3/h7-14,19H,6,15-16H2,1-5H3,(H,24,28)/t19-/m0/s1. The third kappa shape index (κ3) is 6.55. The van der Waals surface area contributed by atoms with Crippen LogP contribution in [0.3, 0.4) is 0 Å². The maximum Gasteiger partial charge on any atom is 0.244 e. The topological polar surface area (TPSA) is 86.8 Å². The molecule has 1 atom stereocenters. The predicted molar refractivity (Wildman–Crippen MR) is 123 cm³/mol. The first-order valence-electron chi connectivity index (χ1n) is 10.2. The molecule has 0 saturated carbocycles. The summed E-state index contributed by atoms with van der Waals surface area (Å²) in [5, 5.41) is 2.73. The Balaban J connectivity index is 2.39. The summed E-state index contributed by atoms with van der Waals surface area (Å²) in [5.74, 6) is -0.739. The molecule has 0 aliphatic rings. The zero-order valence-corrected chi connectivity index (χ0v) is 19.6. The van der Waals surface area contributed by atoms with E-state index < -0.39 is 22.0 Å². The number of sulfonamides is 1. The smallest absolute Gasteiger partial charge is 0.244 e. The lowest BCUT2D eigenvalue weighted by Gasteiger charge is -2.32. The van der Waals surface area contributed by atoms with Crippen molar-refractivity contribution in [3.8, 4) is 0 Å². The number of aryl methyl sites for hydroxylation is 2. The summed E-state index contributed by atoms with van der Waals surface area (Å²) in [6, 6.07) is 13.9. The van der Waals surface area contributed by atoms with Crippen molar-refractivity contribution in [2.24, 2.45) is 0 Å². The Morgan fingerprint density at radius 3 is 2.26 bits per heavy atom. The van der Waals surface area contributed by atoms with Gasteiger partial charge in [-0.3, -0.25) is 13.9 Å². The van der Waals surface area contributed by atoms with E-state index in [4.69, 9.17) is 0 Å². The molecule has 7 nitrogen and oxygen atoms in total. The number of carbonyl (C=O) groups is 2. The van der Waals surface area contributed by atoms with Crippen molar-refractivity contribution in [1.82, 2.24) is 10.2 Å². The first kappa shape index (κ1) is 24.4. The van der Waals surface area contributed by atoms with Gasteiger partial charge in [-0.25, -0.2) is 8.42 Å². The summed E-state index contributed by atoms with van der Waals surface area (Å²) in [5.41, 5.74) is 3.05. The molecule has 0 radical (unpaired) electrons. The highest BCUT2D eigenvalue weighted by Crippen LogP contribution is 2.24. The minimum absolute atomic E-state index is 0.197. The number of benzene rings is 2. The number of nitrogens with zero attached hydrogens (tertiary/aromatic N) is 2. The van der Waals surface area contributed by atoms with Crippen molar-refractivity contribution in [3.05, 3.63) is 65.2 Å². The van der Waals surface area contributed by atoms with E-state index in [1.54, 1.807) is 19.9 Å². The van der Waals surface area contributed by atoms with Gasteiger partial charge in [0.1, 0.15) is 12.6 Å². The maximum absolute atomic E-state index is 13.3. The van der Waals surface area contributed by atoms with E-state index in [2.05, 4.69) is 5.32 Å². The second-order valence-electron chi connectivity index (χ2n) is 7.64. The molecule has 168 valence electrons. The van der Waals surface area contributed by atoms with Crippen molar-refractivity contribution in [1.29, 1.82) is 0 Å². The van der Waals surface area contributed by atoms with Gasteiger partial charge >= 0.3 is 0 Å². The molecule has 8 heteroatoms. The van der Waals surface area contributed by atoms with Crippen LogP contribution in [-0.4, -0.2) is 50.5 Å². The number of amides is 2. The highest BCUT2D eigenvalue weighted by atomic mass is 32.2. The summed E-state index contributed by atoms with van der Waals surface area (Å²) < 4.78 is 26.2. The molecule has 2 aromatic carbocycles. The third-order valence-corrected chi connectivity index (χ3v) is 6.14.